The van der Waals surface area contributed by atoms with Gasteiger partial charge in [0.1, 0.15) is 5.71 Å². The largest absolute Gasteiger partial charge is 0.293 e. The number of hydrogen-bond acceptors (Lipinski definition) is 3. The predicted molar refractivity (Wildman–Crippen MR) is 70.4 cm³/mol. The first-order chi connectivity index (χ1) is 8.29. The van der Waals surface area contributed by atoms with E-state index < -0.39 is 0 Å². The first kappa shape index (κ1) is 11.8. The molecule has 1 fully saturated rings. The molecule has 90 valence electrons. The molecule has 0 heterocycles. The van der Waals surface area contributed by atoms with Gasteiger partial charge in [-0.15, -0.1) is 0 Å². The van der Waals surface area contributed by atoms with Crippen LogP contribution < -0.4 is 5.43 Å². The van der Waals surface area contributed by atoms with Crippen LogP contribution in [-0.4, -0.2) is 11.5 Å². The number of ketones is 1. The summed E-state index contributed by atoms with van der Waals surface area (Å²) in [6.07, 6.45) is 4.56. The second-order valence-electron chi connectivity index (χ2n) is 4.35. The van der Waals surface area contributed by atoms with Crippen LogP contribution in [0.1, 0.15) is 38.2 Å². The van der Waals surface area contributed by atoms with E-state index in [2.05, 4.69) is 29.6 Å². The third-order valence-corrected chi connectivity index (χ3v) is 3.07. The predicted octanol–water partition coefficient (Wildman–Crippen LogP) is 3.16. The Hall–Kier alpha value is -1.64. The van der Waals surface area contributed by atoms with Gasteiger partial charge in [-0.3, -0.25) is 10.2 Å². The summed E-state index contributed by atoms with van der Waals surface area (Å²) >= 11 is 0. The van der Waals surface area contributed by atoms with Crippen LogP contribution >= 0.6 is 0 Å². The van der Waals surface area contributed by atoms with E-state index in [0.717, 1.165) is 31.4 Å². The Balaban J connectivity index is 2.00. The Morgan fingerprint density at radius 3 is 2.53 bits per heavy atom. The first-order valence-corrected chi connectivity index (χ1v) is 6.24. The van der Waals surface area contributed by atoms with E-state index in [1.807, 2.05) is 12.1 Å². The second-order valence-corrected chi connectivity index (χ2v) is 4.35. The SMILES string of the molecule is CCc1ccc(N/N=C2/CCCCC2=O)cc1. The summed E-state index contributed by atoms with van der Waals surface area (Å²) in [7, 11) is 0. The molecule has 0 aromatic heterocycles. The zero-order chi connectivity index (χ0) is 12.1. The third-order valence-electron chi connectivity index (χ3n) is 3.07. The van der Waals surface area contributed by atoms with Gasteiger partial charge in [0.2, 0.25) is 0 Å². The minimum Gasteiger partial charge on any atom is -0.293 e. The molecule has 0 atom stereocenters. The van der Waals surface area contributed by atoms with Gasteiger partial charge in [0.05, 0.1) is 5.69 Å². The Labute approximate surface area is 102 Å². The lowest BCUT2D eigenvalue weighted by Gasteiger charge is -2.11. The second kappa shape index (κ2) is 5.62. The molecule has 0 radical (unpaired) electrons. The standard InChI is InChI=1S/C14H18N2O/c1-2-11-7-9-12(10-8-11)15-16-13-5-3-4-6-14(13)17/h7-10,15H,2-6H2,1H3/b16-13-. The normalized spacial score (nSPS) is 18.4. The van der Waals surface area contributed by atoms with Crippen LogP contribution in [0, 0.1) is 0 Å². The molecule has 0 saturated heterocycles. The highest BCUT2D eigenvalue weighted by Crippen LogP contribution is 2.14. The average Bonchev–Trinajstić information content (AvgIpc) is 2.38. The number of anilines is 1. The molecule has 0 aliphatic heterocycles. The van der Waals surface area contributed by atoms with Gasteiger partial charge in [0.25, 0.3) is 0 Å². The maximum atomic E-state index is 11.5. The number of nitrogens with one attached hydrogen (secondary N) is 1. The molecule has 1 aromatic carbocycles. The molecule has 1 aliphatic carbocycles. The Bertz CT molecular complexity index is 420. The maximum Gasteiger partial charge on any atom is 0.178 e. The van der Waals surface area contributed by atoms with Crippen molar-refractivity contribution in [2.75, 3.05) is 5.43 Å². The van der Waals surface area contributed by atoms with Crippen LogP contribution in [0.2, 0.25) is 0 Å². The topological polar surface area (TPSA) is 41.5 Å². The quantitative estimate of drug-likeness (QED) is 0.810. The minimum atomic E-state index is 0.189. The minimum absolute atomic E-state index is 0.189. The highest BCUT2D eigenvalue weighted by atomic mass is 16.1. The molecular formula is C14H18N2O. The van der Waals surface area contributed by atoms with Gasteiger partial charge >= 0.3 is 0 Å². The Kier molecular flexibility index (Phi) is 3.91. The molecular weight excluding hydrogens is 212 g/mol. The molecule has 3 heteroatoms. The lowest BCUT2D eigenvalue weighted by Crippen LogP contribution is -2.19. The van der Waals surface area contributed by atoms with Crippen molar-refractivity contribution in [3.8, 4) is 0 Å². The number of carbonyl (C=O) groups is 1. The van der Waals surface area contributed by atoms with Crippen molar-refractivity contribution >= 4 is 17.2 Å². The van der Waals surface area contributed by atoms with Gasteiger partial charge < -0.3 is 0 Å². The molecule has 1 aromatic rings. The third kappa shape index (κ3) is 3.16. The van der Waals surface area contributed by atoms with Crippen molar-refractivity contribution < 1.29 is 4.79 Å². The van der Waals surface area contributed by atoms with E-state index in [4.69, 9.17) is 0 Å². The summed E-state index contributed by atoms with van der Waals surface area (Å²) in [6.45, 7) is 2.13. The monoisotopic (exact) mass is 230 g/mol. The summed E-state index contributed by atoms with van der Waals surface area (Å²) in [6, 6.07) is 8.14. The van der Waals surface area contributed by atoms with Gasteiger partial charge in [-0.2, -0.15) is 5.10 Å². The number of rotatable bonds is 3. The Morgan fingerprint density at radius 2 is 1.88 bits per heavy atom. The summed E-state index contributed by atoms with van der Waals surface area (Å²) in [5.41, 5.74) is 5.89. The van der Waals surface area contributed by atoms with Gasteiger partial charge in [0, 0.05) is 6.42 Å². The fraction of sp³-hybridized carbons (Fsp3) is 0.429. The van der Waals surface area contributed by atoms with Crippen LogP contribution in [0.25, 0.3) is 0 Å². The highest BCUT2D eigenvalue weighted by molar-refractivity contribution is 6.40. The van der Waals surface area contributed by atoms with Crippen molar-refractivity contribution in [2.24, 2.45) is 5.10 Å². The smallest absolute Gasteiger partial charge is 0.178 e. The van der Waals surface area contributed by atoms with Gasteiger partial charge in [-0.25, -0.2) is 0 Å². The van der Waals surface area contributed by atoms with Crippen LogP contribution in [-0.2, 0) is 11.2 Å². The van der Waals surface area contributed by atoms with Crippen LogP contribution in [0.4, 0.5) is 5.69 Å². The van der Waals surface area contributed by atoms with E-state index in [1.54, 1.807) is 0 Å². The van der Waals surface area contributed by atoms with E-state index in [9.17, 15) is 4.79 Å². The van der Waals surface area contributed by atoms with E-state index in [-0.39, 0.29) is 5.78 Å². The molecule has 1 N–H and O–H groups in total. The number of aryl methyl sites for hydroxylation is 1. The molecule has 0 spiro atoms. The average molecular weight is 230 g/mol. The molecule has 17 heavy (non-hydrogen) atoms. The van der Waals surface area contributed by atoms with Crippen LogP contribution in [0.3, 0.4) is 0 Å². The molecule has 0 bridgehead atoms. The highest BCUT2D eigenvalue weighted by Gasteiger charge is 2.16. The molecule has 3 nitrogen and oxygen atoms in total. The summed E-state index contributed by atoms with van der Waals surface area (Å²) < 4.78 is 0. The fourth-order valence-electron chi connectivity index (χ4n) is 1.93. The van der Waals surface area contributed by atoms with Crippen molar-refractivity contribution in [1.29, 1.82) is 0 Å². The molecule has 1 aliphatic rings. The van der Waals surface area contributed by atoms with E-state index in [1.165, 1.54) is 5.56 Å². The molecule has 1 saturated carbocycles. The lowest BCUT2D eigenvalue weighted by atomic mass is 9.97. The van der Waals surface area contributed by atoms with Crippen LogP contribution in [0.15, 0.2) is 29.4 Å². The zero-order valence-corrected chi connectivity index (χ0v) is 10.2. The van der Waals surface area contributed by atoms with Crippen molar-refractivity contribution in [3.63, 3.8) is 0 Å². The van der Waals surface area contributed by atoms with Crippen molar-refractivity contribution in [1.82, 2.24) is 0 Å². The summed E-state index contributed by atoms with van der Waals surface area (Å²) in [4.78, 5) is 11.5. The number of benzene rings is 1. The summed E-state index contributed by atoms with van der Waals surface area (Å²) in [5.74, 6) is 0.189. The van der Waals surface area contributed by atoms with E-state index in [0.29, 0.717) is 12.1 Å². The molecule has 2 rings (SSSR count). The first-order valence-electron chi connectivity index (χ1n) is 6.24. The lowest BCUT2D eigenvalue weighted by molar-refractivity contribution is -0.113. The number of hydrazone groups is 1. The van der Waals surface area contributed by atoms with E-state index >= 15 is 0 Å². The zero-order valence-electron chi connectivity index (χ0n) is 10.2. The maximum absolute atomic E-state index is 11.5. The summed E-state index contributed by atoms with van der Waals surface area (Å²) in [5, 5.41) is 4.21. The molecule has 0 amide bonds. The van der Waals surface area contributed by atoms with Crippen molar-refractivity contribution in [3.05, 3.63) is 29.8 Å². The molecule has 0 unspecified atom stereocenters. The number of Topliss-reactive ketones (excluding diaryl/α,β-unsaturated/α-hetero) is 1. The number of hydrogen-bond donors (Lipinski definition) is 1. The van der Waals surface area contributed by atoms with Gasteiger partial charge in [0.15, 0.2) is 5.78 Å². The van der Waals surface area contributed by atoms with Gasteiger partial charge in [-0.1, -0.05) is 19.1 Å². The fourth-order valence-corrected chi connectivity index (χ4v) is 1.93. The van der Waals surface area contributed by atoms with Crippen molar-refractivity contribution in [2.45, 2.75) is 39.0 Å². The van der Waals surface area contributed by atoms with Crippen LogP contribution in [0.5, 0.6) is 0 Å². The number of nitrogens with zero attached hydrogens (tertiary/aromatic N) is 1. The number of carbonyl (C=O) groups excluding carboxylic acids is 1. The Morgan fingerprint density at radius 1 is 1.18 bits per heavy atom. The van der Waals surface area contributed by atoms with Gasteiger partial charge in [-0.05, 0) is 43.4 Å².